The lowest BCUT2D eigenvalue weighted by Gasteiger charge is -2.16. The Morgan fingerprint density at radius 3 is 2.52 bits per heavy atom. The highest BCUT2D eigenvalue weighted by atomic mass is 79.9. The summed E-state index contributed by atoms with van der Waals surface area (Å²) in [5.41, 5.74) is 2.36. The number of halogens is 3. The summed E-state index contributed by atoms with van der Waals surface area (Å²) in [6, 6.07) is 23.6. The number of fused-ring (bicyclic) bond motifs is 2. The largest absolute Gasteiger partial charge is 0.496 e. The zero-order valence-corrected chi connectivity index (χ0v) is 27.4. The normalized spacial score (nSPS) is 11.5. The molecule has 44 heavy (non-hydrogen) atoms. The van der Waals surface area contributed by atoms with Gasteiger partial charge in [-0.2, -0.15) is 9.78 Å². The highest BCUT2D eigenvalue weighted by Crippen LogP contribution is 2.43. The number of rotatable bonds is 9. The van der Waals surface area contributed by atoms with Crippen molar-refractivity contribution >= 4 is 71.5 Å². The number of methoxy groups -OCH3 is 1. The van der Waals surface area contributed by atoms with Crippen LogP contribution in [0, 0.1) is 0 Å². The summed E-state index contributed by atoms with van der Waals surface area (Å²) in [5.74, 6) is 2.28. The molecule has 0 saturated heterocycles. The van der Waals surface area contributed by atoms with Crippen molar-refractivity contribution in [2.24, 2.45) is 5.10 Å². The average molecular weight is 738 g/mol. The van der Waals surface area contributed by atoms with Crippen molar-refractivity contribution in [3.8, 4) is 28.8 Å². The molecule has 0 N–H and O–H groups in total. The molecule has 222 valence electrons. The molecule has 0 radical (unpaired) electrons. The molecule has 0 aliphatic heterocycles. The van der Waals surface area contributed by atoms with Crippen molar-refractivity contribution in [1.29, 1.82) is 0 Å². The lowest BCUT2D eigenvalue weighted by Crippen LogP contribution is -2.20. The molecular weight excluding hydrogens is 714 g/mol. The number of aromatic nitrogens is 2. The lowest BCUT2D eigenvalue weighted by atomic mass is 10.2. The van der Waals surface area contributed by atoms with E-state index in [2.05, 4.69) is 37.0 Å². The van der Waals surface area contributed by atoms with E-state index in [9.17, 15) is 4.79 Å². The van der Waals surface area contributed by atoms with Gasteiger partial charge in [0, 0.05) is 15.1 Å². The van der Waals surface area contributed by atoms with Crippen LogP contribution in [0.2, 0.25) is 5.02 Å². The molecule has 2 aromatic heterocycles. The number of nitrogens with zero attached hydrogens (tertiary/aromatic N) is 3. The fourth-order valence-corrected chi connectivity index (χ4v) is 5.73. The smallest absolute Gasteiger partial charge is 0.282 e. The van der Waals surface area contributed by atoms with E-state index in [-0.39, 0.29) is 11.4 Å². The van der Waals surface area contributed by atoms with E-state index in [4.69, 9.17) is 35.2 Å². The first kappa shape index (κ1) is 29.9. The molecule has 0 amide bonds. The van der Waals surface area contributed by atoms with E-state index in [1.54, 1.807) is 43.7 Å². The van der Waals surface area contributed by atoms with Gasteiger partial charge in [-0.3, -0.25) is 4.79 Å². The van der Waals surface area contributed by atoms with E-state index >= 15 is 0 Å². The highest BCUT2D eigenvalue weighted by molar-refractivity contribution is 9.13. The van der Waals surface area contributed by atoms with Gasteiger partial charge in [0.05, 0.1) is 40.7 Å². The predicted octanol–water partition coefficient (Wildman–Crippen LogP) is 8.86. The standard InChI is InChI=1S/C33H24Br2ClN3O5/c1-3-42-27-15-20(29(34)30(35)31(27)43-18-19-11-13-21(36)14-12-19)17-37-39-32(38-24-8-5-4-7-22(24)33(39)40)28-16-23-25(41-2)9-6-10-26(23)44-28/h4-17H,3,18H2,1-2H3. The van der Waals surface area contributed by atoms with Crippen molar-refractivity contribution in [3.63, 3.8) is 0 Å². The maximum absolute atomic E-state index is 13.8. The van der Waals surface area contributed by atoms with Crippen LogP contribution in [-0.4, -0.2) is 29.6 Å². The van der Waals surface area contributed by atoms with Gasteiger partial charge in [0.1, 0.15) is 17.9 Å². The molecule has 0 bridgehead atoms. The summed E-state index contributed by atoms with van der Waals surface area (Å²) in [4.78, 5) is 18.5. The van der Waals surface area contributed by atoms with Gasteiger partial charge in [-0.15, -0.1) is 0 Å². The Labute approximate surface area is 274 Å². The Kier molecular flexibility index (Phi) is 8.74. The fourth-order valence-electron chi connectivity index (χ4n) is 4.66. The second-order valence-corrected chi connectivity index (χ2v) is 11.6. The summed E-state index contributed by atoms with van der Waals surface area (Å²) in [6.07, 6.45) is 1.56. The molecular formula is C33H24Br2ClN3O5. The van der Waals surface area contributed by atoms with Crippen LogP contribution in [0.25, 0.3) is 33.5 Å². The molecule has 0 unspecified atom stereocenters. The number of para-hydroxylation sites is 1. The van der Waals surface area contributed by atoms with Crippen molar-refractivity contribution in [1.82, 2.24) is 9.66 Å². The molecule has 0 spiro atoms. The Morgan fingerprint density at radius 1 is 0.955 bits per heavy atom. The summed E-state index contributed by atoms with van der Waals surface area (Å²) in [7, 11) is 1.59. The van der Waals surface area contributed by atoms with Crippen LogP contribution in [-0.2, 0) is 6.61 Å². The average Bonchev–Trinajstić information content (AvgIpc) is 3.48. The first-order valence-corrected chi connectivity index (χ1v) is 15.5. The molecule has 8 nitrogen and oxygen atoms in total. The van der Waals surface area contributed by atoms with Gasteiger partial charge in [-0.25, -0.2) is 4.98 Å². The van der Waals surface area contributed by atoms with Crippen LogP contribution in [0.1, 0.15) is 18.1 Å². The summed E-state index contributed by atoms with van der Waals surface area (Å²) >= 11 is 13.3. The minimum absolute atomic E-state index is 0.242. The first-order chi connectivity index (χ1) is 21.4. The maximum atomic E-state index is 13.8. The molecule has 0 aliphatic rings. The Morgan fingerprint density at radius 2 is 1.75 bits per heavy atom. The van der Waals surface area contributed by atoms with Crippen LogP contribution < -0.4 is 19.8 Å². The second-order valence-electron chi connectivity index (χ2n) is 9.57. The van der Waals surface area contributed by atoms with Crippen LogP contribution in [0.15, 0.2) is 102 Å². The molecule has 6 aromatic rings. The topological polar surface area (TPSA) is 88.1 Å². The maximum Gasteiger partial charge on any atom is 0.282 e. The van der Waals surface area contributed by atoms with Gasteiger partial charge < -0.3 is 18.6 Å². The fraction of sp³-hybridized carbons (Fsp3) is 0.121. The van der Waals surface area contributed by atoms with Gasteiger partial charge in [-0.05, 0) is 92.9 Å². The number of ether oxygens (including phenoxy) is 3. The quantitative estimate of drug-likeness (QED) is 0.138. The third kappa shape index (κ3) is 5.85. The van der Waals surface area contributed by atoms with Crippen LogP contribution in [0.3, 0.4) is 0 Å². The van der Waals surface area contributed by atoms with Gasteiger partial charge in [0.25, 0.3) is 5.56 Å². The third-order valence-electron chi connectivity index (χ3n) is 6.78. The van der Waals surface area contributed by atoms with Crippen molar-refractivity contribution in [3.05, 3.63) is 114 Å². The number of furan rings is 1. The van der Waals surface area contributed by atoms with Crippen molar-refractivity contribution < 1.29 is 18.6 Å². The zero-order chi connectivity index (χ0) is 30.8. The molecule has 2 heterocycles. The summed E-state index contributed by atoms with van der Waals surface area (Å²) in [5, 5.41) is 6.44. The molecule has 0 atom stereocenters. The summed E-state index contributed by atoms with van der Waals surface area (Å²) in [6.45, 7) is 2.61. The Hall–Kier alpha value is -4.12. The van der Waals surface area contributed by atoms with Gasteiger partial charge in [0.15, 0.2) is 17.3 Å². The molecule has 6 rings (SSSR count). The van der Waals surface area contributed by atoms with Crippen molar-refractivity contribution in [2.45, 2.75) is 13.5 Å². The molecule has 0 saturated carbocycles. The first-order valence-electron chi connectivity index (χ1n) is 13.5. The van der Waals surface area contributed by atoms with Gasteiger partial charge in [-0.1, -0.05) is 41.9 Å². The van der Waals surface area contributed by atoms with E-state index in [1.165, 1.54) is 4.68 Å². The number of hydrogen-bond donors (Lipinski definition) is 0. The number of hydrogen-bond acceptors (Lipinski definition) is 7. The lowest BCUT2D eigenvalue weighted by molar-refractivity contribution is 0.267. The Bertz CT molecular complexity index is 2090. The number of benzene rings is 4. The van der Waals surface area contributed by atoms with E-state index in [0.29, 0.717) is 72.2 Å². The van der Waals surface area contributed by atoms with Crippen LogP contribution in [0.5, 0.6) is 17.2 Å². The van der Waals surface area contributed by atoms with E-state index in [1.807, 2.05) is 55.5 Å². The Balaban J connectivity index is 1.44. The molecule has 11 heteroatoms. The van der Waals surface area contributed by atoms with E-state index in [0.717, 1.165) is 10.9 Å². The SMILES string of the molecule is CCOc1cc(C=Nn2c(-c3cc4c(OC)cccc4o3)nc3ccccc3c2=O)c(Br)c(Br)c1OCc1ccc(Cl)cc1. The predicted molar refractivity (Wildman–Crippen MR) is 180 cm³/mol. The van der Waals surface area contributed by atoms with E-state index < -0.39 is 0 Å². The van der Waals surface area contributed by atoms with Crippen LogP contribution in [0.4, 0.5) is 0 Å². The van der Waals surface area contributed by atoms with Crippen molar-refractivity contribution in [2.75, 3.05) is 13.7 Å². The zero-order valence-electron chi connectivity index (χ0n) is 23.5. The monoisotopic (exact) mass is 735 g/mol. The third-order valence-corrected chi connectivity index (χ3v) is 9.18. The molecule has 4 aromatic carbocycles. The molecule has 0 fully saturated rings. The second kappa shape index (κ2) is 12.9. The highest BCUT2D eigenvalue weighted by Gasteiger charge is 2.20. The van der Waals surface area contributed by atoms with Gasteiger partial charge >= 0.3 is 0 Å². The minimum Gasteiger partial charge on any atom is -0.496 e. The van der Waals surface area contributed by atoms with Gasteiger partial charge in [0.2, 0.25) is 5.82 Å². The molecule has 0 aliphatic carbocycles. The minimum atomic E-state index is -0.350. The van der Waals surface area contributed by atoms with Crippen LogP contribution >= 0.6 is 43.5 Å². The summed E-state index contributed by atoms with van der Waals surface area (Å²) < 4.78 is 26.3.